The minimum Gasteiger partial charge on any atom is -0.458 e. The summed E-state index contributed by atoms with van der Waals surface area (Å²) in [5.41, 5.74) is 6.64. The van der Waals surface area contributed by atoms with Gasteiger partial charge >= 0.3 is 5.97 Å². The van der Waals surface area contributed by atoms with E-state index in [9.17, 15) is 4.79 Å². The van der Waals surface area contributed by atoms with Crippen molar-refractivity contribution in [1.29, 1.82) is 0 Å². The van der Waals surface area contributed by atoms with Gasteiger partial charge in [-0.05, 0) is 18.9 Å². The predicted octanol–water partition coefficient (Wildman–Crippen LogP) is 1.81. The fourth-order valence-electron chi connectivity index (χ4n) is 1.16. The average molecular weight is 210 g/mol. The quantitative estimate of drug-likeness (QED) is 0.774. The Balaban J connectivity index is 2.73. The lowest BCUT2D eigenvalue weighted by molar-refractivity contribution is 0.0227. The highest BCUT2D eigenvalue weighted by Crippen LogP contribution is 2.13. The van der Waals surface area contributed by atoms with Crippen LogP contribution >= 0.6 is 0 Å². The van der Waals surface area contributed by atoms with Crippen LogP contribution in [-0.2, 0) is 11.8 Å². The molecule has 1 aromatic rings. The largest absolute Gasteiger partial charge is 0.458 e. The molecule has 0 amide bonds. The number of rotatable bonds is 3. The average Bonchev–Trinajstić information content (AvgIpc) is 2.44. The number of nitrogens with zero attached hydrogens (tertiary/aromatic N) is 1. The molecule has 1 aromatic heterocycles. The van der Waals surface area contributed by atoms with Crippen LogP contribution in [0.15, 0.2) is 12.3 Å². The molecule has 0 aromatic carbocycles. The summed E-state index contributed by atoms with van der Waals surface area (Å²) in [4.78, 5) is 11.7. The van der Waals surface area contributed by atoms with Crippen LogP contribution in [0, 0.1) is 5.92 Å². The summed E-state index contributed by atoms with van der Waals surface area (Å²) in [7, 11) is 1.77. The molecule has 4 nitrogen and oxygen atoms in total. The van der Waals surface area contributed by atoms with Gasteiger partial charge < -0.3 is 15.0 Å². The molecule has 1 rings (SSSR count). The topological polar surface area (TPSA) is 57.2 Å². The van der Waals surface area contributed by atoms with E-state index in [2.05, 4.69) is 0 Å². The highest BCUT2D eigenvalue weighted by molar-refractivity contribution is 5.89. The first-order chi connectivity index (χ1) is 6.91. The van der Waals surface area contributed by atoms with Crippen molar-refractivity contribution >= 4 is 11.7 Å². The Hall–Kier alpha value is -1.45. The summed E-state index contributed by atoms with van der Waals surface area (Å²) in [5, 5.41) is 0. The van der Waals surface area contributed by atoms with Crippen LogP contribution in [0.4, 0.5) is 5.69 Å². The number of nitrogens with two attached hydrogens (primary N) is 1. The standard InChI is InChI=1S/C11H18N2O2/c1-7(2)8(3)15-11(14)10-5-9(12)6-13(10)4/h5-8H,12H2,1-4H3. The fourth-order valence-corrected chi connectivity index (χ4v) is 1.16. The second-order valence-electron chi connectivity index (χ2n) is 4.12. The minimum absolute atomic E-state index is 0.0892. The van der Waals surface area contributed by atoms with Crippen molar-refractivity contribution in [3.05, 3.63) is 18.0 Å². The first-order valence-corrected chi connectivity index (χ1v) is 5.04. The molecule has 0 spiro atoms. The lowest BCUT2D eigenvalue weighted by Gasteiger charge is -2.16. The van der Waals surface area contributed by atoms with E-state index >= 15 is 0 Å². The molecule has 0 bridgehead atoms. The van der Waals surface area contributed by atoms with Crippen molar-refractivity contribution in [2.24, 2.45) is 13.0 Å². The molecule has 1 heterocycles. The Morgan fingerprint density at radius 2 is 2.07 bits per heavy atom. The Bertz CT molecular complexity index is 355. The number of ether oxygens (including phenoxy) is 1. The van der Waals surface area contributed by atoms with Crippen molar-refractivity contribution < 1.29 is 9.53 Å². The molecule has 0 radical (unpaired) electrons. The first kappa shape index (κ1) is 11.6. The molecular weight excluding hydrogens is 192 g/mol. The lowest BCUT2D eigenvalue weighted by atomic mass is 10.1. The summed E-state index contributed by atoms with van der Waals surface area (Å²) < 4.78 is 6.95. The van der Waals surface area contributed by atoms with Crippen LogP contribution in [0.5, 0.6) is 0 Å². The van der Waals surface area contributed by atoms with E-state index in [-0.39, 0.29) is 12.1 Å². The number of hydrogen-bond donors (Lipinski definition) is 1. The number of aromatic nitrogens is 1. The maximum Gasteiger partial charge on any atom is 0.355 e. The highest BCUT2D eigenvalue weighted by atomic mass is 16.5. The Labute approximate surface area is 90.0 Å². The Morgan fingerprint density at radius 1 is 1.47 bits per heavy atom. The van der Waals surface area contributed by atoms with Crippen molar-refractivity contribution in [3.8, 4) is 0 Å². The lowest BCUT2D eigenvalue weighted by Crippen LogP contribution is -2.21. The van der Waals surface area contributed by atoms with Gasteiger partial charge in [0.2, 0.25) is 0 Å². The van der Waals surface area contributed by atoms with Gasteiger partial charge in [-0.1, -0.05) is 13.8 Å². The van der Waals surface area contributed by atoms with Crippen molar-refractivity contribution in [2.75, 3.05) is 5.73 Å². The maximum atomic E-state index is 11.7. The SMILES string of the molecule is CC(C)C(C)OC(=O)c1cc(N)cn1C. The van der Waals surface area contributed by atoms with Gasteiger partial charge in [-0.2, -0.15) is 0 Å². The fraction of sp³-hybridized carbons (Fsp3) is 0.545. The number of hydrogen-bond acceptors (Lipinski definition) is 3. The number of nitrogen functional groups attached to an aromatic ring is 1. The zero-order valence-electron chi connectivity index (χ0n) is 9.65. The number of anilines is 1. The molecule has 0 saturated carbocycles. The molecule has 2 N–H and O–H groups in total. The van der Waals surface area contributed by atoms with Crippen LogP contribution in [0.1, 0.15) is 31.3 Å². The third-order valence-corrected chi connectivity index (χ3v) is 2.47. The van der Waals surface area contributed by atoms with E-state index in [1.54, 1.807) is 23.9 Å². The number of carbonyl (C=O) groups excluding carboxylic acids is 1. The molecule has 0 aliphatic carbocycles. The van der Waals surface area contributed by atoms with Crippen molar-refractivity contribution in [1.82, 2.24) is 4.57 Å². The summed E-state index contributed by atoms with van der Waals surface area (Å²) in [6, 6.07) is 1.62. The van der Waals surface area contributed by atoms with Crippen LogP contribution in [0.3, 0.4) is 0 Å². The molecular formula is C11H18N2O2. The van der Waals surface area contributed by atoms with Crippen LogP contribution in [0.2, 0.25) is 0 Å². The molecule has 84 valence electrons. The summed E-state index contributed by atoms with van der Waals surface area (Å²) in [5.74, 6) is -0.0121. The van der Waals surface area contributed by atoms with Gasteiger partial charge in [0.05, 0.1) is 5.69 Å². The van der Waals surface area contributed by atoms with E-state index in [0.717, 1.165) is 0 Å². The van der Waals surface area contributed by atoms with Gasteiger partial charge in [0.15, 0.2) is 0 Å². The zero-order valence-corrected chi connectivity index (χ0v) is 9.65. The summed E-state index contributed by atoms with van der Waals surface area (Å²) >= 11 is 0. The molecule has 0 aliphatic rings. The zero-order chi connectivity index (χ0) is 11.6. The molecule has 0 saturated heterocycles. The second-order valence-corrected chi connectivity index (χ2v) is 4.12. The highest BCUT2D eigenvalue weighted by Gasteiger charge is 2.17. The third kappa shape index (κ3) is 2.75. The van der Waals surface area contributed by atoms with Gasteiger partial charge in [0.1, 0.15) is 11.8 Å². The normalized spacial score (nSPS) is 12.9. The Morgan fingerprint density at radius 3 is 2.47 bits per heavy atom. The van der Waals surface area contributed by atoms with E-state index in [0.29, 0.717) is 17.3 Å². The van der Waals surface area contributed by atoms with Gasteiger partial charge in [0, 0.05) is 13.2 Å². The molecule has 1 unspecified atom stereocenters. The second kappa shape index (κ2) is 4.38. The van der Waals surface area contributed by atoms with Crippen molar-refractivity contribution in [3.63, 3.8) is 0 Å². The van der Waals surface area contributed by atoms with Gasteiger partial charge in [-0.3, -0.25) is 0 Å². The molecule has 1 atom stereocenters. The minimum atomic E-state index is -0.324. The van der Waals surface area contributed by atoms with Gasteiger partial charge in [-0.25, -0.2) is 4.79 Å². The smallest absolute Gasteiger partial charge is 0.355 e. The van der Waals surface area contributed by atoms with E-state index < -0.39 is 0 Å². The molecule has 0 fully saturated rings. The monoisotopic (exact) mass is 210 g/mol. The number of esters is 1. The van der Waals surface area contributed by atoms with Crippen molar-refractivity contribution in [2.45, 2.75) is 26.9 Å². The predicted molar refractivity (Wildman–Crippen MR) is 59.5 cm³/mol. The van der Waals surface area contributed by atoms with Crippen LogP contribution in [-0.4, -0.2) is 16.6 Å². The molecule has 4 heteroatoms. The van der Waals surface area contributed by atoms with Crippen LogP contribution < -0.4 is 5.73 Å². The van der Waals surface area contributed by atoms with Gasteiger partial charge in [-0.15, -0.1) is 0 Å². The van der Waals surface area contributed by atoms with E-state index in [1.807, 2.05) is 20.8 Å². The number of aryl methyl sites for hydroxylation is 1. The first-order valence-electron chi connectivity index (χ1n) is 5.04. The molecule has 0 aliphatic heterocycles. The summed E-state index contributed by atoms with van der Waals surface area (Å²) in [6.07, 6.45) is 1.60. The maximum absolute atomic E-state index is 11.7. The third-order valence-electron chi connectivity index (χ3n) is 2.47. The van der Waals surface area contributed by atoms with E-state index in [1.165, 1.54) is 0 Å². The summed E-state index contributed by atoms with van der Waals surface area (Å²) in [6.45, 7) is 5.91. The Kier molecular flexibility index (Phi) is 3.39. The van der Waals surface area contributed by atoms with E-state index in [4.69, 9.17) is 10.5 Å². The van der Waals surface area contributed by atoms with Crippen LogP contribution in [0.25, 0.3) is 0 Å². The van der Waals surface area contributed by atoms with Gasteiger partial charge in [0.25, 0.3) is 0 Å². The molecule has 15 heavy (non-hydrogen) atoms. The number of carbonyl (C=O) groups is 1.